The Bertz CT molecular complexity index is 579. The van der Waals surface area contributed by atoms with E-state index in [2.05, 4.69) is 20.4 Å². The summed E-state index contributed by atoms with van der Waals surface area (Å²) in [7, 11) is 5.31. The summed E-state index contributed by atoms with van der Waals surface area (Å²) in [6.45, 7) is 0.569. The maximum atomic E-state index is 11.9. The maximum absolute atomic E-state index is 11.9. The maximum Gasteiger partial charge on any atom is 0.280 e. The van der Waals surface area contributed by atoms with Crippen LogP contribution in [0.5, 0.6) is 5.75 Å². The minimum atomic E-state index is -0.427. The smallest absolute Gasteiger partial charge is 0.280 e. The zero-order valence-corrected chi connectivity index (χ0v) is 11.5. The summed E-state index contributed by atoms with van der Waals surface area (Å²) in [5.41, 5.74) is 0.182. The van der Waals surface area contributed by atoms with Crippen LogP contribution in [0.2, 0.25) is 0 Å². The number of aromatic nitrogens is 3. The van der Waals surface area contributed by atoms with Gasteiger partial charge in [0.05, 0.1) is 26.0 Å². The van der Waals surface area contributed by atoms with Gasteiger partial charge in [0.2, 0.25) is 5.95 Å². The standard InChI is InChI=1S/C12H15N5O3/c1-17(2)7-8-4-10(16-20-8)11(18)15-12-13-5-9(19-3)6-14-12/h4-6H,7H2,1-3H3,(H,13,14,15,18). The quantitative estimate of drug-likeness (QED) is 0.863. The number of rotatable bonds is 5. The second-order valence-corrected chi connectivity index (χ2v) is 4.32. The zero-order chi connectivity index (χ0) is 14.5. The largest absolute Gasteiger partial charge is 0.494 e. The van der Waals surface area contributed by atoms with Gasteiger partial charge < -0.3 is 14.2 Å². The molecule has 0 spiro atoms. The predicted octanol–water partition coefficient (Wildman–Crippen LogP) is 0.787. The number of carbonyl (C=O) groups is 1. The van der Waals surface area contributed by atoms with E-state index in [1.54, 1.807) is 6.07 Å². The lowest BCUT2D eigenvalue weighted by Gasteiger charge is -2.04. The first kappa shape index (κ1) is 13.9. The Labute approximate surface area is 115 Å². The van der Waals surface area contributed by atoms with Gasteiger partial charge in [-0.1, -0.05) is 5.16 Å². The third kappa shape index (κ3) is 3.51. The molecule has 106 valence electrons. The van der Waals surface area contributed by atoms with E-state index in [1.165, 1.54) is 19.5 Å². The summed E-state index contributed by atoms with van der Waals surface area (Å²) >= 11 is 0. The normalized spacial score (nSPS) is 10.6. The van der Waals surface area contributed by atoms with Crippen LogP contribution in [0.1, 0.15) is 16.2 Å². The van der Waals surface area contributed by atoms with Crippen molar-refractivity contribution in [2.45, 2.75) is 6.54 Å². The van der Waals surface area contributed by atoms with Crippen LogP contribution in [-0.2, 0) is 6.54 Å². The molecule has 0 saturated heterocycles. The van der Waals surface area contributed by atoms with Crippen LogP contribution in [0.4, 0.5) is 5.95 Å². The van der Waals surface area contributed by atoms with E-state index in [1.807, 2.05) is 19.0 Å². The second kappa shape index (κ2) is 6.11. The molecule has 0 unspecified atom stereocenters. The molecular weight excluding hydrogens is 262 g/mol. The molecule has 0 fully saturated rings. The Morgan fingerprint density at radius 2 is 2.10 bits per heavy atom. The highest BCUT2D eigenvalue weighted by atomic mass is 16.5. The molecule has 2 aromatic heterocycles. The van der Waals surface area contributed by atoms with Crippen LogP contribution in [0.3, 0.4) is 0 Å². The van der Waals surface area contributed by atoms with E-state index in [4.69, 9.17) is 9.26 Å². The molecule has 0 aliphatic heterocycles. The van der Waals surface area contributed by atoms with Crippen LogP contribution in [0.15, 0.2) is 23.0 Å². The van der Waals surface area contributed by atoms with Gasteiger partial charge in [-0.25, -0.2) is 9.97 Å². The first-order valence-corrected chi connectivity index (χ1v) is 5.86. The second-order valence-electron chi connectivity index (χ2n) is 4.32. The third-order valence-corrected chi connectivity index (χ3v) is 2.35. The average Bonchev–Trinajstić information content (AvgIpc) is 2.87. The monoisotopic (exact) mass is 277 g/mol. The topological polar surface area (TPSA) is 93.4 Å². The lowest BCUT2D eigenvalue weighted by molar-refractivity contribution is 0.101. The van der Waals surface area contributed by atoms with E-state index < -0.39 is 5.91 Å². The Kier molecular flexibility index (Phi) is 4.26. The fraction of sp³-hybridized carbons (Fsp3) is 0.333. The number of amides is 1. The van der Waals surface area contributed by atoms with Crippen molar-refractivity contribution in [3.8, 4) is 5.75 Å². The molecule has 8 nitrogen and oxygen atoms in total. The molecule has 1 N–H and O–H groups in total. The zero-order valence-electron chi connectivity index (χ0n) is 11.5. The van der Waals surface area contributed by atoms with Crippen molar-refractivity contribution < 1.29 is 14.1 Å². The fourth-order valence-electron chi connectivity index (χ4n) is 1.46. The van der Waals surface area contributed by atoms with Gasteiger partial charge in [0.1, 0.15) is 0 Å². The van der Waals surface area contributed by atoms with Crippen LogP contribution in [-0.4, -0.2) is 47.1 Å². The average molecular weight is 277 g/mol. The summed E-state index contributed by atoms with van der Waals surface area (Å²) < 4.78 is 9.99. The number of hydrogen-bond donors (Lipinski definition) is 1. The van der Waals surface area contributed by atoms with Crippen molar-refractivity contribution in [3.63, 3.8) is 0 Å². The lowest BCUT2D eigenvalue weighted by atomic mass is 10.3. The molecule has 8 heteroatoms. The van der Waals surface area contributed by atoms with Crippen molar-refractivity contribution in [3.05, 3.63) is 29.9 Å². The first-order valence-electron chi connectivity index (χ1n) is 5.86. The number of methoxy groups -OCH3 is 1. The Morgan fingerprint density at radius 1 is 1.40 bits per heavy atom. The van der Waals surface area contributed by atoms with E-state index in [-0.39, 0.29) is 11.6 Å². The number of ether oxygens (including phenoxy) is 1. The van der Waals surface area contributed by atoms with Gasteiger partial charge in [-0.05, 0) is 14.1 Å². The van der Waals surface area contributed by atoms with Gasteiger partial charge in [0.25, 0.3) is 5.91 Å². The summed E-state index contributed by atoms with van der Waals surface area (Å²) in [6.07, 6.45) is 2.92. The van der Waals surface area contributed by atoms with Crippen molar-refractivity contribution in [2.75, 3.05) is 26.5 Å². The third-order valence-electron chi connectivity index (χ3n) is 2.35. The molecule has 0 bridgehead atoms. The molecular formula is C12H15N5O3. The minimum Gasteiger partial charge on any atom is -0.494 e. The van der Waals surface area contributed by atoms with E-state index in [0.717, 1.165) is 0 Å². The number of carbonyl (C=O) groups excluding carboxylic acids is 1. The number of nitrogens with one attached hydrogen (secondary N) is 1. The number of hydrogen-bond acceptors (Lipinski definition) is 7. The van der Waals surface area contributed by atoms with Crippen LogP contribution < -0.4 is 10.1 Å². The van der Waals surface area contributed by atoms with Crippen molar-refractivity contribution in [2.24, 2.45) is 0 Å². The highest BCUT2D eigenvalue weighted by molar-refractivity contribution is 6.01. The summed E-state index contributed by atoms with van der Waals surface area (Å²) in [5, 5.41) is 6.23. The molecule has 0 atom stereocenters. The van der Waals surface area contributed by atoms with Crippen molar-refractivity contribution in [1.82, 2.24) is 20.0 Å². The SMILES string of the molecule is COc1cnc(NC(=O)c2cc(CN(C)C)on2)nc1. The molecule has 2 rings (SSSR count). The highest BCUT2D eigenvalue weighted by Gasteiger charge is 2.14. The summed E-state index contributed by atoms with van der Waals surface area (Å²) in [4.78, 5) is 21.7. The van der Waals surface area contributed by atoms with Gasteiger partial charge in [-0.2, -0.15) is 0 Å². The van der Waals surface area contributed by atoms with Gasteiger partial charge in [-0.3, -0.25) is 10.1 Å². The molecule has 2 heterocycles. The number of nitrogens with zero attached hydrogens (tertiary/aromatic N) is 4. The molecule has 0 saturated carbocycles. The van der Waals surface area contributed by atoms with Crippen molar-refractivity contribution in [1.29, 1.82) is 0 Å². The predicted molar refractivity (Wildman–Crippen MR) is 70.4 cm³/mol. The van der Waals surface area contributed by atoms with E-state index >= 15 is 0 Å². The van der Waals surface area contributed by atoms with Crippen LogP contribution in [0, 0.1) is 0 Å². The highest BCUT2D eigenvalue weighted by Crippen LogP contribution is 2.10. The lowest BCUT2D eigenvalue weighted by Crippen LogP contribution is -2.14. The minimum absolute atomic E-state index is 0.174. The molecule has 0 aliphatic carbocycles. The van der Waals surface area contributed by atoms with E-state index in [0.29, 0.717) is 18.1 Å². The van der Waals surface area contributed by atoms with Gasteiger partial charge in [0, 0.05) is 6.07 Å². The van der Waals surface area contributed by atoms with Crippen LogP contribution in [0.25, 0.3) is 0 Å². The summed E-state index contributed by atoms with van der Waals surface area (Å²) in [5.74, 6) is 0.866. The Hall–Kier alpha value is -2.48. The van der Waals surface area contributed by atoms with Crippen molar-refractivity contribution >= 4 is 11.9 Å². The summed E-state index contributed by atoms with van der Waals surface area (Å²) in [6, 6.07) is 1.58. The van der Waals surface area contributed by atoms with E-state index in [9.17, 15) is 4.79 Å². The molecule has 2 aromatic rings. The number of anilines is 1. The van der Waals surface area contributed by atoms with Gasteiger partial charge in [0.15, 0.2) is 17.2 Å². The molecule has 1 amide bonds. The Morgan fingerprint density at radius 3 is 2.70 bits per heavy atom. The molecule has 0 aliphatic rings. The fourth-order valence-corrected chi connectivity index (χ4v) is 1.46. The Balaban J connectivity index is 2.01. The van der Waals surface area contributed by atoms with Crippen LogP contribution >= 0.6 is 0 Å². The molecule has 0 radical (unpaired) electrons. The molecule has 20 heavy (non-hydrogen) atoms. The first-order chi connectivity index (χ1) is 9.58. The molecule has 0 aromatic carbocycles. The van der Waals surface area contributed by atoms with Gasteiger partial charge in [-0.15, -0.1) is 0 Å². The van der Waals surface area contributed by atoms with Gasteiger partial charge >= 0.3 is 0 Å².